The van der Waals surface area contributed by atoms with Crippen LogP contribution < -0.4 is 5.32 Å². The number of nitrogens with zero attached hydrogens (tertiary/aromatic N) is 1. The van der Waals surface area contributed by atoms with Crippen LogP contribution in [-0.2, 0) is 14.3 Å². The van der Waals surface area contributed by atoms with Crippen LogP contribution in [0.4, 0.5) is 4.79 Å². The Morgan fingerprint density at radius 3 is 2.61 bits per heavy atom. The van der Waals surface area contributed by atoms with E-state index in [0.29, 0.717) is 6.54 Å². The molecular formula is C11H18N2O5. The molecule has 1 atom stereocenters. The third-order valence-electron chi connectivity index (χ3n) is 2.33. The number of aliphatic carboxylic acids is 1. The van der Waals surface area contributed by atoms with Gasteiger partial charge in [-0.2, -0.15) is 0 Å². The molecule has 0 spiro atoms. The van der Waals surface area contributed by atoms with Crippen molar-refractivity contribution < 1.29 is 24.2 Å². The number of amides is 2. The molecule has 2 N–H and O–H groups in total. The molecule has 1 aliphatic rings. The molecule has 0 aliphatic carbocycles. The van der Waals surface area contributed by atoms with Crippen molar-refractivity contribution in [1.82, 2.24) is 10.2 Å². The van der Waals surface area contributed by atoms with Crippen LogP contribution in [0.25, 0.3) is 0 Å². The standard InChI is InChI=1S/C11H18N2O5/c1-11(2,3)18-10(17)13-5-4-12-9(16)7(13)6-8(14)15/h7H,4-6H2,1-3H3,(H,12,16)(H,14,15). The van der Waals surface area contributed by atoms with E-state index in [1.54, 1.807) is 20.8 Å². The van der Waals surface area contributed by atoms with Crippen molar-refractivity contribution in [3.05, 3.63) is 0 Å². The van der Waals surface area contributed by atoms with Gasteiger partial charge in [0.15, 0.2) is 0 Å². The highest BCUT2D eigenvalue weighted by molar-refractivity contribution is 5.90. The van der Waals surface area contributed by atoms with Gasteiger partial charge in [-0.15, -0.1) is 0 Å². The maximum absolute atomic E-state index is 11.9. The average molecular weight is 258 g/mol. The lowest BCUT2D eigenvalue weighted by Crippen LogP contribution is -2.58. The lowest BCUT2D eigenvalue weighted by Gasteiger charge is -2.35. The Hall–Kier alpha value is -1.79. The number of carboxylic acids is 1. The number of nitrogens with one attached hydrogen (secondary N) is 1. The Kier molecular flexibility index (Phi) is 4.15. The number of ether oxygens (including phenoxy) is 1. The van der Waals surface area contributed by atoms with Gasteiger partial charge in [-0.05, 0) is 20.8 Å². The predicted octanol–water partition coefficient (Wildman–Crippen LogP) is 0.197. The summed E-state index contributed by atoms with van der Waals surface area (Å²) >= 11 is 0. The SMILES string of the molecule is CC(C)(C)OC(=O)N1CCNC(=O)C1CC(=O)O. The van der Waals surface area contributed by atoms with Gasteiger partial charge in [0, 0.05) is 13.1 Å². The zero-order valence-electron chi connectivity index (χ0n) is 10.7. The monoisotopic (exact) mass is 258 g/mol. The Labute approximate surface area is 105 Å². The topological polar surface area (TPSA) is 95.9 Å². The molecule has 1 saturated heterocycles. The predicted molar refractivity (Wildman–Crippen MR) is 62.0 cm³/mol. The summed E-state index contributed by atoms with van der Waals surface area (Å²) in [4.78, 5) is 35.3. The Bertz CT molecular complexity index is 361. The van der Waals surface area contributed by atoms with Gasteiger partial charge in [0.1, 0.15) is 11.6 Å². The fourth-order valence-electron chi connectivity index (χ4n) is 1.62. The van der Waals surface area contributed by atoms with Crippen molar-refractivity contribution in [2.75, 3.05) is 13.1 Å². The number of carbonyl (C=O) groups excluding carboxylic acids is 2. The summed E-state index contributed by atoms with van der Waals surface area (Å²) in [6, 6.07) is -1.01. The van der Waals surface area contributed by atoms with Crippen molar-refractivity contribution in [3.63, 3.8) is 0 Å². The highest BCUT2D eigenvalue weighted by Gasteiger charge is 2.36. The first-order valence-corrected chi connectivity index (χ1v) is 5.70. The van der Waals surface area contributed by atoms with Gasteiger partial charge >= 0.3 is 12.1 Å². The molecule has 1 heterocycles. The summed E-state index contributed by atoms with van der Waals surface area (Å²) in [7, 11) is 0. The van der Waals surface area contributed by atoms with Gasteiger partial charge in [-0.3, -0.25) is 14.5 Å². The van der Waals surface area contributed by atoms with Gasteiger partial charge in [0.2, 0.25) is 5.91 Å². The van der Waals surface area contributed by atoms with Crippen LogP contribution >= 0.6 is 0 Å². The van der Waals surface area contributed by atoms with E-state index in [-0.39, 0.29) is 6.54 Å². The molecule has 1 rings (SSSR count). The number of hydrogen-bond donors (Lipinski definition) is 2. The van der Waals surface area contributed by atoms with E-state index in [9.17, 15) is 14.4 Å². The number of carboxylic acid groups (broad SMARTS) is 1. The third kappa shape index (κ3) is 3.90. The molecular weight excluding hydrogens is 240 g/mol. The smallest absolute Gasteiger partial charge is 0.411 e. The minimum Gasteiger partial charge on any atom is -0.481 e. The summed E-state index contributed by atoms with van der Waals surface area (Å²) in [5.74, 6) is -1.60. The molecule has 0 saturated carbocycles. The quantitative estimate of drug-likeness (QED) is 0.737. The molecule has 18 heavy (non-hydrogen) atoms. The molecule has 1 aliphatic heterocycles. The maximum atomic E-state index is 11.9. The summed E-state index contributed by atoms with van der Waals surface area (Å²) in [6.07, 6.45) is -1.09. The molecule has 7 heteroatoms. The van der Waals surface area contributed by atoms with Gasteiger partial charge in [-0.1, -0.05) is 0 Å². The fraction of sp³-hybridized carbons (Fsp3) is 0.727. The molecule has 0 radical (unpaired) electrons. The Balaban J connectivity index is 2.79. The minimum absolute atomic E-state index is 0.249. The number of hydrogen-bond acceptors (Lipinski definition) is 4. The number of piperazine rings is 1. The van der Waals surface area contributed by atoms with E-state index in [2.05, 4.69) is 5.32 Å². The maximum Gasteiger partial charge on any atom is 0.411 e. The van der Waals surface area contributed by atoms with Gasteiger partial charge < -0.3 is 15.2 Å². The number of carbonyl (C=O) groups is 3. The van der Waals surface area contributed by atoms with Crippen LogP contribution in [0.2, 0.25) is 0 Å². The van der Waals surface area contributed by atoms with Gasteiger partial charge in [0.25, 0.3) is 0 Å². The van der Waals surface area contributed by atoms with E-state index in [1.807, 2.05) is 0 Å². The van der Waals surface area contributed by atoms with Crippen molar-refractivity contribution in [3.8, 4) is 0 Å². The molecule has 7 nitrogen and oxygen atoms in total. The zero-order chi connectivity index (χ0) is 13.9. The zero-order valence-corrected chi connectivity index (χ0v) is 10.7. The van der Waals surface area contributed by atoms with Crippen molar-refractivity contribution in [2.45, 2.75) is 38.8 Å². The van der Waals surface area contributed by atoms with Crippen LogP contribution in [0.15, 0.2) is 0 Å². The van der Waals surface area contributed by atoms with E-state index in [4.69, 9.17) is 9.84 Å². The lowest BCUT2D eigenvalue weighted by molar-refractivity contribution is -0.142. The number of rotatable bonds is 2. The lowest BCUT2D eigenvalue weighted by atomic mass is 10.1. The molecule has 0 bridgehead atoms. The van der Waals surface area contributed by atoms with Crippen LogP contribution in [0.5, 0.6) is 0 Å². The van der Waals surface area contributed by atoms with E-state index >= 15 is 0 Å². The molecule has 0 aromatic heterocycles. The first kappa shape index (κ1) is 14.3. The minimum atomic E-state index is -1.13. The van der Waals surface area contributed by atoms with Crippen molar-refractivity contribution >= 4 is 18.0 Å². The molecule has 102 valence electrons. The largest absolute Gasteiger partial charge is 0.481 e. The molecule has 1 unspecified atom stereocenters. The van der Waals surface area contributed by atoms with Crippen LogP contribution in [0.1, 0.15) is 27.2 Å². The average Bonchev–Trinajstić information content (AvgIpc) is 2.17. The summed E-state index contributed by atoms with van der Waals surface area (Å²) in [5, 5.41) is 11.3. The van der Waals surface area contributed by atoms with E-state index < -0.39 is 36.0 Å². The molecule has 2 amide bonds. The fourth-order valence-corrected chi connectivity index (χ4v) is 1.62. The third-order valence-corrected chi connectivity index (χ3v) is 2.33. The second-order valence-corrected chi connectivity index (χ2v) is 5.08. The van der Waals surface area contributed by atoms with Crippen LogP contribution in [0.3, 0.4) is 0 Å². The molecule has 0 aromatic rings. The van der Waals surface area contributed by atoms with Gasteiger partial charge in [-0.25, -0.2) is 4.79 Å². The summed E-state index contributed by atoms with van der Waals surface area (Å²) in [6.45, 7) is 5.68. The Morgan fingerprint density at radius 2 is 2.11 bits per heavy atom. The van der Waals surface area contributed by atoms with Gasteiger partial charge in [0.05, 0.1) is 6.42 Å². The molecule has 0 aromatic carbocycles. The first-order chi connectivity index (χ1) is 8.20. The summed E-state index contributed by atoms with van der Waals surface area (Å²) in [5.41, 5.74) is -0.682. The van der Waals surface area contributed by atoms with Crippen molar-refractivity contribution in [1.29, 1.82) is 0 Å². The van der Waals surface area contributed by atoms with E-state index in [0.717, 1.165) is 4.90 Å². The second-order valence-electron chi connectivity index (χ2n) is 5.08. The second kappa shape index (κ2) is 5.24. The molecule has 1 fully saturated rings. The highest BCUT2D eigenvalue weighted by Crippen LogP contribution is 2.15. The van der Waals surface area contributed by atoms with Crippen LogP contribution in [-0.4, -0.2) is 52.7 Å². The first-order valence-electron chi connectivity index (χ1n) is 5.70. The Morgan fingerprint density at radius 1 is 1.50 bits per heavy atom. The van der Waals surface area contributed by atoms with E-state index in [1.165, 1.54) is 0 Å². The van der Waals surface area contributed by atoms with Crippen molar-refractivity contribution in [2.24, 2.45) is 0 Å². The highest BCUT2D eigenvalue weighted by atomic mass is 16.6. The summed E-state index contributed by atoms with van der Waals surface area (Å²) < 4.78 is 5.15. The normalized spacial score (nSPS) is 20.3. The van der Waals surface area contributed by atoms with Crippen LogP contribution in [0, 0.1) is 0 Å².